The fraction of sp³-hybridized carbons (Fsp3) is 0.400. The van der Waals surface area contributed by atoms with Gasteiger partial charge in [0.15, 0.2) is 0 Å². The Morgan fingerprint density at radius 2 is 1.81 bits per heavy atom. The van der Waals surface area contributed by atoms with Crippen molar-refractivity contribution in [2.45, 2.75) is 25.4 Å². The van der Waals surface area contributed by atoms with Crippen LogP contribution in [-0.4, -0.2) is 48.5 Å². The van der Waals surface area contributed by atoms with Crippen molar-refractivity contribution in [3.8, 4) is 0 Å². The van der Waals surface area contributed by atoms with Crippen LogP contribution in [0.5, 0.6) is 0 Å². The molecular weight excluding hydrogens is 383 g/mol. The summed E-state index contributed by atoms with van der Waals surface area (Å²) in [5.74, 6) is 0.166. The Morgan fingerprint density at radius 3 is 2.44 bits per heavy atom. The smallest absolute Gasteiger partial charge is 0.242 e. The highest BCUT2D eigenvalue weighted by Gasteiger charge is 2.23. The van der Waals surface area contributed by atoms with Gasteiger partial charge in [0.1, 0.15) is 0 Å². The van der Waals surface area contributed by atoms with E-state index in [-0.39, 0.29) is 30.7 Å². The van der Waals surface area contributed by atoms with E-state index in [4.69, 9.17) is 0 Å². The minimum atomic E-state index is 0. The van der Waals surface area contributed by atoms with Gasteiger partial charge in [-0.3, -0.25) is 9.78 Å². The van der Waals surface area contributed by atoms with Crippen LogP contribution in [0.1, 0.15) is 18.4 Å². The van der Waals surface area contributed by atoms with E-state index in [2.05, 4.69) is 15.2 Å². The molecule has 0 spiro atoms. The largest absolute Gasteiger partial charge is 0.358 e. The first-order chi connectivity index (χ1) is 12.2. The summed E-state index contributed by atoms with van der Waals surface area (Å²) in [4.78, 5) is 21.1. The molecule has 2 heterocycles. The summed E-state index contributed by atoms with van der Waals surface area (Å²) in [6, 6.07) is 14.4. The zero-order valence-corrected chi connectivity index (χ0v) is 17.2. The number of hydrogen-bond acceptors (Lipinski definition) is 4. The van der Waals surface area contributed by atoms with Crippen molar-refractivity contribution in [2.24, 2.45) is 0 Å². The van der Waals surface area contributed by atoms with Crippen molar-refractivity contribution >= 4 is 36.4 Å². The van der Waals surface area contributed by atoms with Gasteiger partial charge in [0.05, 0.1) is 6.54 Å². The third kappa shape index (κ3) is 6.69. The Bertz CT molecular complexity index is 666. The first-order valence-corrected chi connectivity index (χ1v) is 8.89. The highest BCUT2D eigenvalue weighted by Crippen LogP contribution is 2.18. The minimum Gasteiger partial charge on any atom is -0.358 e. The number of para-hydroxylation sites is 1. The number of halogens is 2. The minimum absolute atomic E-state index is 0. The van der Waals surface area contributed by atoms with Crippen molar-refractivity contribution < 1.29 is 4.79 Å². The number of carbonyl (C=O) groups excluding carboxylic acids is 1. The van der Waals surface area contributed by atoms with Crippen LogP contribution in [0.25, 0.3) is 0 Å². The number of rotatable bonds is 6. The molecule has 1 saturated heterocycles. The average molecular weight is 411 g/mol. The summed E-state index contributed by atoms with van der Waals surface area (Å²) in [7, 11) is 1.94. The predicted molar refractivity (Wildman–Crippen MR) is 115 cm³/mol. The molecule has 0 saturated carbocycles. The zero-order chi connectivity index (χ0) is 17.5. The number of likely N-dealkylation sites (N-methyl/N-ethyl adjacent to an activating group) is 1. The Hall–Kier alpha value is -1.82. The molecule has 1 amide bonds. The Kier molecular flexibility index (Phi) is 10.1. The van der Waals surface area contributed by atoms with Crippen molar-refractivity contribution in [3.05, 3.63) is 60.4 Å². The molecule has 5 nitrogen and oxygen atoms in total. The number of piperidine rings is 1. The lowest BCUT2D eigenvalue weighted by Gasteiger charge is -2.34. The SMILES string of the molecule is CN(C(=O)CN(Cc1cccnc1)c1ccccc1)C1CCNCC1.Cl.Cl. The van der Waals surface area contributed by atoms with Gasteiger partial charge < -0.3 is 15.1 Å². The normalized spacial score (nSPS) is 13.8. The first-order valence-electron chi connectivity index (χ1n) is 8.89. The van der Waals surface area contributed by atoms with E-state index >= 15 is 0 Å². The molecule has 1 fully saturated rings. The van der Waals surface area contributed by atoms with Crippen LogP contribution in [0.2, 0.25) is 0 Å². The van der Waals surface area contributed by atoms with E-state index in [1.54, 1.807) is 6.20 Å². The number of carbonyl (C=O) groups is 1. The lowest BCUT2D eigenvalue weighted by atomic mass is 10.1. The van der Waals surface area contributed by atoms with Crippen LogP contribution in [0.3, 0.4) is 0 Å². The second-order valence-electron chi connectivity index (χ2n) is 6.54. The van der Waals surface area contributed by atoms with E-state index in [9.17, 15) is 4.79 Å². The second-order valence-corrected chi connectivity index (χ2v) is 6.54. The summed E-state index contributed by atoms with van der Waals surface area (Å²) in [6.45, 7) is 3.02. The number of aromatic nitrogens is 1. The maximum atomic E-state index is 12.9. The van der Waals surface area contributed by atoms with E-state index in [0.29, 0.717) is 19.1 Å². The number of nitrogens with zero attached hydrogens (tertiary/aromatic N) is 3. The standard InChI is InChI=1S/C20H26N4O.2ClH/c1-23(18-9-12-21-13-10-18)20(25)16-24(19-7-3-2-4-8-19)15-17-6-5-11-22-14-17;;/h2-8,11,14,18,21H,9-10,12-13,15-16H2,1H3;2*1H. The lowest BCUT2D eigenvalue weighted by molar-refractivity contribution is -0.130. The number of amides is 1. The monoisotopic (exact) mass is 410 g/mol. The topological polar surface area (TPSA) is 48.5 Å². The molecule has 0 unspecified atom stereocenters. The Morgan fingerprint density at radius 1 is 1.11 bits per heavy atom. The Labute approximate surface area is 174 Å². The fourth-order valence-electron chi connectivity index (χ4n) is 3.26. The van der Waals surface area contributed by atoms with Gasteiger partial charge in [-0.25, -0.2) is 0 Å². The van der Waals surface area contributed by atoms with E-state index in [1.807, 2.05) is 60.6 Å². The predicted octanol–water partition coefficient (Wildman–Crippen LogP) is 3.14. The van der Waals surface area contributed by atoms with Crippen LogP contribution >= 0.6 is 24.8 Å². The summed E-state index contributed by atoms with van der Waals surface area (Å²) in [5.41, 5.74) is 2.15. The number of pyridine rings is 1. The van der Waals surface area contributed by atoms with Crippen LogP contribution < -0.4 is 10.2 Å². The van der Waals surface area contributed by atoms with Crippen LogP contribution in [0.15, 0.2) is 54.9 Å². The molecule has 3 rings (SSSR count). The van der Waals surface area contributed by atoms with Gasteiger partial charge in [0.25, 0.3) is 0 Å². The molecule has 0 aliphatic carbocycles. The lowest BCUT2D eigenvalue weighted by Crippen LogP contribution is -2.47. The van der Waals surface area contributed by atoms with Gasteiger partial charge in [-0.05, 0) is 49.7 Å². The molecule has 0 radical (unpaired) electrons. The third-order valence-electron chi connectivity index (χ3n) is 4.79. The number of anilines is 1. The molecule has 1 N–H and O–H groups in total. The van der Waals surface area contributed by atoms with E-state index < -0.39 is 0 Å². The highest BCUT2D eigenvalue weighted by molar-refractivity contribution is 5.85. The highest BCUT2D eigenvalue weighted by atomic mass is 35.5. The van der Waals surface area contributed by atoms with Crippen molar-refractivity contribution in [2.75, 3.05) is 31.6 Å². The maximum absolute atomic E-state index is 12.9. The van der Waals surface area contributed by atoms with Gasteiger partial charge in [-0.2, -0.15) is 0 Å². The molecule has 148 valence electrons. The van der Waals surface area contributed by atoms with Crippen LogP contribution in [-0.2, 0) is 11.3 Å². The summed E-state index contributed by atoms with van der Waals surface area (Å²) < 4.78 is 0. The van der Waals surface area contributed by atoms with Gasteiger partial charge in [0, 0.05) is 37.7 Å². The molecule has 0 atom stereocenters. The molecule has 1 aliphatic rings. The van der Waals surface area contributed by atoms with Crippen molar-refractivity contribution in [3.63, 3.8) is 0 Å². The van der Waals surface area contributed by atoms with E-state index in [1.165, 1.54) is 0 Å². The first kappa shape index (κ1) is 23.2. The van der Waals surface area contributed by atoms with E-state index in [0.717, 1.165) is 37.2 Å². The van der Waals surface area contributed by atoms with Gasteiger partial charge >= 0.3 is 0 Å². The van der Waals surface area contributed by atoms with Gasteiger partial charge in [0.2, 0.25) is 5.91 Å². The molecule has 1 aromatic heterocycles. The molecule has 1 aliphatic heterocycles. The van der Waals surface area contributed by atoms with Crippen molar-refractivity contribution in [1.82, 2.24) is 15.2 Å². The molecule has 2 aromatic rings. The maximum Gasteiger partial charge on any atom is 0.242 e. The average Bonchev–Trinajstić information content (AvgIpc) is 2.69. The third-order valence-corrected chi connectivity index (χ3v) is 4.79. The molecular formula is C20H28Cl2N4O. The number of nitrogens with one attached hydrogen (secondary N) is 1. The number of benzene rings is 1. The quantitative estimate of drug-likeness (QED) is 0.794. The van der Waals surface area contributed by atoms with Gasteiger partial charge in [-0.15, -0.1) is 24.8 Å². The number of hydrogen-bond donors (Lipinski definition) is 1. The van der Waals surface area contributed by atoms with Gasteiger partial charge in [-0.1, -0.05) is 24.3 Å². The summed E-state index contributed by atoms with van der Waals surface area (Å²) >= 11 is 0. The molecule has 7 heteroatoms. The summed E-state index contributed by atoms with van der Waals surface area (Å²) in [5, 5.41) is 3.35. The molecule has 0 bridgehead atoms. The zero-order valence-electron chi connectivity index (χ0n) is 15.6. The fourth-order valence-corrected chi connectivity index (χ4v) is 3.26. The molecule has 1 aromatic carbocycles. The van der Waals surface area contributed by atoms with Crippen LogP contribution in [0, 0.1) is 0 Å². The Balaban J connectivity index is 0.00000182. The molecule has 27 heavy (non-hydrogen) atoms. The van der Waals surface area contributed by atoms with Crippen LogP contribution in [0.4, 0.5) is 5.69 Å². The van der Waals surface area contributed by atoms with Crippen molar-refractivity contribution in [1.29, 1.82) is 0 Å². The summed E-state index contributed by atoms with van der Waals surface area (Å²) in [6.07, 6.45) is 5.68. The second kappa shape index (κ2) is 11.8.